The molecule has 1 aromatic heterocycles. The summed E-state index contributed by atoms with van der Waals surface area (Å²) in [6.07, 6.45) is 7.81. The molecule has 1 aromatic rings. The highest BCUT2D eigenvalue weighted by molar-refractivity contribution is 5.92. The number of hydrogen-bond acceptors (Lipinski definition) is 5. The molecule has 0 spiro atoms. The van der Waals surface area contributed by atoms with Gasteiger partial charge in [0.25, 0.3) is 5.91 Å². The first-order valence-corrected chi connectivity index (χ1v) is 7.23. The van der Waals surface area contributed by atoms with Gasteiger partial charge in [-0.15, -0.1) is 16.6 Å². The van der Waals surface area contributed by atoms with E-state index in [1.54, 1.807) is 11.0 Å². The van der Waals surface area contributed by atoms with E-state index in [-0.39, 0.29) is 11.9 Å². The Kier molecular flexibility index (Phi) is 4.02. The molecule has 3 heterocycles. The largest absolute Gasteiger partial charge is 0.376 e. The van der Waals surface area contributed by atoms with Crippen molar-refractivity contribution in [3.63, 3.8) is 0 Å². The first-order valence-electron chi connectivity index (χ1n) is 7.23. The van der Waals surface area contributed by atoms with Crippen LogP contribution >= 0.6 is 0 Å². The van der Waals surface area contributed by atoms with E-state index in [2.05, 4.69) is 21.0 Å². The fraction of sp³-hybridized carbons (Fsp3) is 0.533. The molecule has 2 aliphatic heterocycles. The number of rotatable bonds is 2. The molecule has 1 atom stereocenters. The van der Waals surface area contributed by atoms with Gasteiger partial charge in [0.05, 0.1) is 13.2 Å². The molecular formula is C15H18N4O2. The van der Waals surface area contributed by atoms with Crippen LogP contribution in [0.1, 0.15) is 23.3 Å². The molecule has 0 radical (unpaired) electrons. The third-order valence-electron chi connectivity index (χ3n) is 3.88. The van der Waals surface area contributed by atoms with E-state index in [1.165, 1.54) is 12.8 Å². The van der Waals surface area contributed by atoms with Gasteiger partial charge in [-0.25, -0.2) is 0 Å². The Balaban J connectivity index is 1.73. The number of terminal acetylenes is 1. The number of amides is 1. The number of ether oxygens (including phenoxy) is 1. The van der Waals surface area contributed by atoms with Crippen LogP contribution in [0.2, 0.25) is 0 Å². The number of nitrogens with zero attached hydrogens (tertiary/aromatic N) is 4. The molecule has 0 bridgehead atoms. The standard InChI is InChI=1S/C15H18N4O2/c1-2-12-11-21-10-9-19(12)15(20)13-5-6-14(17-16-13)18-7-3-4-8-18/h1,5-6,12H,3-4,7-11H2. The minimum Gasteiger partial charge on any atom is -0.376 e. The van der Waals surface area contributed by atoms with Crippen LogP contribution < -0.4 is 4.90 Å². The Morgan fingerprint density at radius 3 is 2.76 bits per heavy atom. The Morgan fingerprint density at radius 2 is 2.10 bits per heavy atom. The highest BCUT2D eigenvalue weighted by atomic mass is 16.5. The molecule has 0 N–H and O–H groups in total. The van der Waals surface area contributed by atoms with Crippen LogP contribution in [-0.2, 0) is 4.74 Å². The molecule has 2 aliphatic rings. The summed E-state index contributed by atoms with van der Waals surface area (Å²) in [6.45, 7) is 3.38. The lowest BCUT2D eigenvalue weighted by atomic mass is 10.2. The average molecular weight is 286 g/mol. The zero-order chi connectivity index (χ0) is 14.7. The molecule has 21 heavy (non-hydrogen) atoms. The second kappa shape index (κ2) is 6.10. The average Bonchev–Trinajstić information content (AvgIpc) is 3.09. The predicted molar refractivity (Wildman–Crippen MR) is 78.0 cm³/mol. The zero-order valence-corrected chi connectivity index (χ0v) is 11.9. The third-order valence-corrected chi connectivity index (χ3v) is 3.88. The van der Waals surface area contributed by atoms with Gasteiger partial charge in [-0.1, -0.05) is 5.92 Å². The first kappa shape index (κ1) is 13.8. The van der Waals surface area contributed by atoms with E-state index >= 15 is 0 Å². The molecule has 0 aliphatic carbocycles. The fourth-order valence-corrected chi connectivity index (χ4v) is 2.69. The Bertz CT molecular complexity index is 546. The predicted octanol–water partition coefficient (Wildman–Crippen LogP) is 0.551. The number of aromatic nitrogens is 2. The van der Waals surface area contributed by atoms with Gasteiger partial charge in [-0.05, 0) is 25.0 Å². The van der Waals surface area contributed by atoms with Crippen LogP contribution in [0.4, 0.5) is 5.82 Å². The zero-order valence-electron chi connectivity index (χ0n) is 11.9. The van der Waals surface area contributed by atoms with Crippen molar-refractivity contribution in [3.8, 4) is 12.3 Å². The molecule has 3 rings (SSSR count). The highest BCUT2D eigenvalue weighted by Gasteiger charge is 2.27. The maximum Gasteiger partial charge on any atom is 0.275 e. The van der Waals surface area contributed by atoms with Crippen molar-refractivity contribution in [3.05, 3.63) is 17.8 Å². The summed E-state index contributed by atoms with van der Waals surface area (Å²) in [5, 5.41) is 8.25. The molecule has 6 nitrogen and oxygen atoms in total. The first-order chi connectivity index (χ1) is 10.3. The molecule has 0 saturated carbocycles. The van der Waals surface area contributed by atoms with E-state index in [1.807, 2.05) is 6.07 Å². The van der Waals surface area contributed by atoms with E-state index in [9.17, 15) is 4.79 Å². The van der Waals surface area contributed by atoms with Gasteiger partial charge in [0.2, 0.25) is 0 Å². The normalized spacial score (nSPS) is 22.1. The monoisotopic (exact) mass is 286 g/mol. The lowest BCUT2D eigenvalue weighted by Gasteiger charge is -2.32. The molecule has 2 fully saturated rings. The maximum absolute atomic E-state index is 12.5. The van der Waals surface area contributed by atoms with Crippen LogP contribution in [0, 0.1) is 12.3 Å². The van der Waals surface area contributed by atoms with Crippen LogP contribution in [0.15, 0.2) is 12.1 Å². The van der Waals surface area contributed by atoms with Gasteiger partial charge < -0.3 is 14.5 Å². The van der Waals surface area contributed by atoms with Gasteiger partial charge in [0.15, 0.2) is 11.5 Å². The number of carbonyl (C=O) groups excluding carboxylic acids is 1. The fourth-order valence-electron chi connectivity index (χ4n) is 2.69. The van der Waals surface area contributed by atoms with Crippen molar-refractivity contribution < 1.29 is 9.53 Å². The third kappa shape index (κ3) is 2.83. The summed E-state index contributed by atoms with van der Waals surface area (Å²) in [5.74, 6) is 3.24. The van der Waals surface area contributed by atoms with Gasteiger partial charge in [-0.2, -0.15) is 0 Å². The molecule has 2 saturated heterocycles. The second-order valence-corrected chi connectivity index (χ2v) is 5.23. The van der Waals surface area contributed by atoms with Crippen molar-refractivity contribution >= 4 is 11.7 Å². The second-order valence-electron chi connectivity index (χ2n) is 5.23. The summed E-state index contributed by atoms with van der Waals surface area (Å²) in [6, 6.07) is 3.26. The van der Waals surface area contributed by atoms with E-state index in [0.717, 1.165) is 18.9 Å². The minimum atomic E-state index is -0.327. The van der Waals surface area contributed by atoms with E-state index in [0.29, 0.717) is 25.5 Å². The van der Waals surface area contributed by atoms with Crippen LogP contribution in [-0.4, -0.2) is 59.9 Å². The number of morpholine rings is 1. The Labute approximate surface area is 124 Å². The molecule has 1 unspecified atom stereocenters. The molecule has 1 amide bonds. The van der Waals surface area contributed by atoms with Gasteiger partial charge in [-0.3, -0.25) is 4.79 Å². The number of hydrogen-bond donors (Lipinski definition) is 0. The van der Waals surface area contributed by atoms with Crippen molar-refractivity contribution in [2.75, 3.05) is 37.7 Å². The summed E-state index contributed by atoms with van der Waals surface area (Å²) in [7, 11) is 0. The van der Waals surface area contributed by atoms with Crippen LogP contribution in [0.5, 0.6) is 0 Å². The van der Waals surface area contributed by atoms with Crippen molar-refractivity contribution in [2.24, 2.45) is 0 Å². The van der Waals surface area contributed by atoms with Gasteiger partial charge in [0.1, 0.15) is 6.04 Å². The van der Waals surface area contributed by atoms with Crippen molar-refractivity contribution in [1.29, 1.82) is 0 Å². The Morgan fingerprint density at radius 1 is 1.29 bits per heavy atom. The van der Waals surface area contributed by atoms with Crippen molar-refractivity contribution in [2.45, 2.75) is 18.9 Å². The smallest absolute Gasteiger partial charge is 0.275 e. The highest BCUT2D eigenvalue weighted by Crippen LogP contribution is 2.17. The van der Waals surface area contributed by atoms with Crippen molar-refractivity contribution in [1.82, 2.24) is 15.1 Å². The van der Waals surface area contributed by atoms with Gasteiger partial charge >= 0.3 is 0 Å². The summed E-state index contributed by atoms with van der Waals surface area (Å²) < 4.78 is 5.30. The SMILES string of the molecule is C#CC1COCCN1C(=O)c1ccc(N2CCCC2)nn1. The molecule has 0 aromatic carbocycles. The molecular weight excluding hydrogens is 268 g/mol. The lowest BCUT2D eigenvalue weighted by molar-refractivity contribution is 0.0133. The summed E-state index contributed by atoms with van der Waals surface area (Å²) in [4.78, 5) is 16.3. The maximum atomic E-state index is 12.5. The lowest BCUT2D eigenvalue weighted by Crippen LogP contribution is -2.48. The topological polar surface area (TPSA) is 58.6 Å². The Hall–Kier alpha value is -2.13. The quantitative estimate of drug-likeness (QED) is 0.743. The minimum absolute atomic E-state index is 0.179. The van der Waals surface area contributed by atoms with Gasteiger partial charge in [0, 0.05) is 19.6 Å². The molecule has 6 heteroatoms. The summed E-state index contributed by atoms with van der Waals surface area (Å²) in [5.41, 5.74) is 0.333. The van der Waals surface area contributed by atoms with E-state index < -0.39 is 0 Å². The van der Waals surface area contributed by atoms with Crippen LogP contribution in [0.25, 0.3) is 0 Å². The number of anilines is 1. The summed E-state index contributed by atoms with van der Waals surface area (Å²) >= 11 is 0. The number of carbonyl (C=O) groups is 1. The van der Waals surface area contributed by atoms with Crippen LogP contribution in [0.3, 0.4) is 0 Å². The van der Waals surface area contributed by atoms with E-state index in [4.69, 9.17) is 11.2 Å². The molecule has 110 valence electrons.